The number of carbonyl (C=O) groups excluding carboxylic acids is 2. The lowest BCUT2D eigenvalue weighted by Gasteiger charge is -2.30. The predicted octanol–water partition coefficient (Wildman–Crippen LogP) is 1.68. The Morgan fingerprint density at radius 2 is 1.88 bits per heavy atom. The highest BCUT2D eigenvalue weighted by molar-refractivity contribution is 5.95. The highest BCUT2D eigenvalue weighted by Crippen LogP contribution is 2.22. The molecule has 2 fully saturated rings. The van der Waals surface area contributed by atoms with Gasteiger partial charge in [0.15, 0.2) is 0 Å². The molecule has 2 aliphatic heterocycles. The topological polar surface area (TPSA) is 77.9 Å². The van der Waals surface area contributed by atoms with E-state index < -0.39 is 11.9 Å². The van der Waals surface area contributed by atoms with Crippen LogP contribution >= 0.6 is 0 Å². The first-order chi connectivity index (χ1) is 11.5. The number of likely N-dealkylation sites (tertiary alicyclic amines) is 1. The summed E-state index contributed by atoms with van der Waals surface area (Å²) in [5, 5.41) is 9.11. The number of benzene rings is 1. The lowest BCUT2D eigenvalue weighted by molar-refractivity contribution is -0.145. The van der Waals surface area contributed by atoms with Gasteiger partial charge >= 0.3 is 5.97 Å². The SMILES string of the molecule is O=C(O)[C@H]1CCCN(C(=O)Cc2ccc(N3CCCC3=O)cc2)C1. The van der Waals surface area contributed by atoms with E-state index in [-0.39, 0.29) is 18.2 Å². The van der Waals surface area contributed by atoms with Crippen molar-refractivity contribution >= 4 is 23.5 Å². The van der Waals surface area contributed by atoms with Crippen molar-refractivity contribution in [3.8, 4) is 0 Å². The molecule has 0 spiro atoms. The first-order valence-electron chi connectivity index (χ1n) is 8.44. The molecule has 1 N–H and O–H groups in total. The molecule has 1 aromatic carbocycles. The Labute approximate surface area is 141 Å². The van der Waals surface area contributed by atoms with Crippen LogP contribution in [0.4, 0.5) is 5.69 Å². The summed E-state index contributed by atoms with van der Waals surface area (Å²) in [6, 6.07) is 7.50. The zero-order chi connectivity index (χ0) is 17.1. The maximum atomic E-state index is 12.4. The number of hydrogen-bond donors (Lipinski definition) is 1. The van der Waals surface area contributed by atoms with Crippen molar-refractivity contribution in [3.63, 3.8) is 0 Å². The van der Waals surface area contributed by atoms with Crippen LogP contribution in [0.1, 0.15) is 31.2 Å². The van der Waals surface area contributed by atoms with Gasteiger partial charge in [-0.1, -0.05) is 12.1 Å². The van der Waals surface area contributed by atoms with E-state index in [1.165, 1.54) is 0 Å². The number of carbonyl (C=O) groups is 3. The number of carboxylic acid groups (broad SMARTS) is 1. The molecule has 3 rings (SSSR count). The summed E-state index contributed by atoms with van der Waals surface area (Å²) in [4.78, 5) is 38.7. The molecule has 2 aliphatic rings. The molecule has 128 valence electrons. The number of aliphatic carboxylic acids is 1. The van der Waals surface area contributed by atoms with Crippen molar-refractivity contribution in [3.05, 3.63) is 29.8 Å². The van der Waals surface area contributed by atoms with E-state index in [2.05, 4.69) is 0 Å². The van der Waals surface area contributed by atoms with Gasteiger partial charge < -0.3 is 14.9 Å². The highest BCUT2D eigenvalue weighted by atomic mass is 16.4. The van der Waals surface area contributed by atoms with Crippen LogP contribution in [0, 0.1) is 5.92 Å². The summed E-state index contributed by atoms with van der Waals surface area (Å²) in [7, 11) is 0. The lowest BCUT2D eigenvalue weighted by atomic mass is 9.97. The minimum Gasteiger partial charge on any atom is -0.481 e. The summed E-state index contributed by atoms with van der Waals surface area (Å²) >= 11 is 0. The van der Waals surface area contributed by atoms with E-state index in [0.717, 1.165) is 30.6 Å². The zero-order valence-corrected chi connectivity index (χ0v) is 13.6. The van der Waals surface area contributed by atoms with E-state index >= 15 is 0 Å². The molecule has 0 bridgehead atoms. The second-order valence-corrected chi connectivity index (χ2v) is 6.51. The van der Waals surface area contributed by atoms with Gasteiger partial charge in [0.2, 0.25) is 11.8 Å². The van der Waals surface area contributed by atoms with Crippen molar-refractivity contribution in [2.45, 2.75) is 32.1 Å². The van der Waals surface area contributed by atoms with Gasteiger partial charge in [0.1, 0.15) is 0 Å². The number of carboxylic acids is 1. The minimum absolute atomic E-state index is 0.0362. The molecule has 0 aromatic heterocycles. The van der Waals surface area contributed by atoms with Crippen LogP contribution in [-0.4, -0.2) is 47.4 Å². The number of hydrogen-bond acceptors (Lipinski definition) is 3. The molecule has 6 heteroatoms. The Morgan fingerprint density at radius 1 is 1.12 bits per heavy atom. The van der Waals surface area contributed by atoms with Crippen LogP contribution in [0.25, 0.3) is 0 Å². The smallest absolute Gasteiger partial charge is 0.308 e. The molecule has 2 amide bonds. The molecule has 0 aliphatic carbocycles. The van der Waals surface area contributed by atoms with Crippen LogP contribution in [0.5, 0.6) is 0 Å². The lowest BCUT2D eigenvalue weighted by Crippen LogP contribution is -2.43. The van der Waals surface area contributed by atoms with Gasteiger partial charge in [0.05, 0.1) is 12.3 Å². The van der Waals surface area contributed by atoms with Crippen molar-refractivity contribution in [1.29, 1.82) is 0 Å². The number of rotatable bonds is 4. The minimum atomic E-state index is -0.827. The fourth-order valence-electron chi connectivity index (χ4n) is 3.41. The average molecular weight is 330 g/mol. The first kappa shape index (κ1) is 16.5. The molecule has 1 aromatic rings. The fraction of sp³-hybridized carbons (Fsp3) is 0.500. The molecule has 0 unspecified atom stereocenters. The summed E-state index contributed by atoms with van der Waals surface area (Å²) in [6.07, 6.45) is 3.12. The van der Waals surface area contributed by atoms with E-state index in [0.29, 0.717) is 25.9 Å². The molecular formula is C18H22N2O4. The van der Waals surface area contributed by atoms with Crippen LogP contribution in [0.15, 0.2) is 24.3 Å². The van der Waals surface area contributed by atoms with Gasteiger partial charge in [0, 0.05) is 31.7 Å². The molecule has 6 nitrogen and oxygen atoms in total. The maximum Gasteiger partial charge on any atom is 0.308 e. The van der Waals surface area contributed by atoms with Crippen LogP contribution < -0.4 is 4.90 Å². The van der Waals surface area contributed by atoms with Gasteiger partial charge in [-0.05, 0) is 37.0 Å². The molecule has 0 saturated carbocycles. The molecule has 24 heavy (non-hydrogen) atoms. The first-order valence-corrected chi connectivity index (χ1v) is 8.44. The second-order valence-electron chi connectivity index (χ2n) is 6.51. The average Bonchev–Trinajstić information content (AvgIpc) is 3.01. The van der Waals surface area contributed by atoms with E-state index in [1.807, 2.05) is 24.3 Å². The summed E-state index contributed by atoms with van der Waals surface area (Å²) in [6.45, 7) is 1.68. The van der Waals surface area contributed by atoms with Crippen molar-refractivity contribution in [2.75, 3.05) is 24.5 Å². The molecule has 2 heterocycles. The van der Waals surface area contributed by atoms with Crippen LogP contribution in [0.2, 0.25) is 0 Å². The zero-order valence-electron chi connectivity index (χ0n) is 13.6. The normalized spacial score (nSPS) is 21.2. The Morgan fingerprint density at radius 3 is 2.50 bits per heavy atom. The van der Waals surface area contributed by atoms with Gasteiger partial charge in [-0.25, -0.2) is 0 Å². The van der Waals surface area contributed by atoms with E-state index in [9.17, 15) is 14.4 Å². The predicted molar refractivity (Wildman–Crippen MR) is 88.7 cm³/mol. The van der Waals surface area contributed by atoms with E-state index in [1.54, 1.807) is 9.80 Å². The Hall–Kier alpha value is -2.37. The third kappa shape index (κ3) is 3.58. The largest absolute Gasteiger partial charge is 0.481 e. The molecule has 0 radical (unpaired) electrons. The van der Waals surface area contributed by atoms with Gasteiger partial charge in [-0.15, -0.1) is 0 Å². The van der Waals surface area contributed by atoms with Crippen molar-refractivity contribution < 1.29 is 19.5 Å². The van der Waals surface area contributed by atoms with Crippen molar-refractivity contribution in [1.82, 2.24) is 4.90 Å². The number of nitrogens with zero attached hydrogens (tertiary/aromatic N) is 2. The monoisotopic (exact) mass is 330 g/mol. The Bertz CT molecular complexity index is 641. The summed E-state index contributed by atoms with van der Waals surface area (Å²) in [5.74, 6) is -1.17. The molecular weight excluding hydrogens is 308 g/mol. The quantitative estimate of drug-likeness (QED) is 0.911. The molecule has 1 atom stereocenters. The van der Waals surface area contributed by atoms with Crippen LogP contribution in [-0.2, 0) is 20.8 Å². The Kier molecular flexibility index (Phi) is 4.83. The third-order valence-electron chi connectivity index (χ3n) is 4.80. The number of amides is 2. The van der Waals surface area contributed by atoms with Gasteiger partial charge in [-0.2, -0.15) is 0 Å². The van der Waals surface area contributed by atoms with Gasteiger partial charge in [-0.3, -0.25) is 14.4 Å². The summed E-state index contributed by atoms with van der Waals surface area (Å²) < 4.78 is 0. The Balaban J connectivity index is 1.60. The highest BCUT2D eigenvalue weighted by Gasteiger charge is 2.28. The van der Waals surface area contributed by atoms with Crippen LogP contribution in [0.3, 0.4) is 0 Å². The number of piperidine rings is 1. The van der Waals surface area contributed by atoms with E-state index in [4.69, 9.17) is 5.11 Å². The summed E-state index contributed by atoms with van der Waals surface area (Å²) in [5.41, 5.74) is 1.76. The fourth-order valence-corrected chi connectivity index (χ4v) is 3.41. The standard InChI is InChI=1S/C18H22N2O4/c21-16-4-2-10-20(16)15-7-5-13(6-8-15)11-17(22)19-9-1-3-14(12-19)18(23)24/h5-8,14H,1-4,9-12H2,(H,23,24)/t14-/m0/s1. The van der Waals surface area contributed by atoms with Crippen molar-refractivity contribution in [2.24, 2.45) is 5.92 Å². The molecule has 2 saturated heterocycles. The van der Waals surface area contributed by atoms with Gasteiger partial charge in [0.25, 0.3) is 0 Å². The maximum absolute atomic E-state index is 12.4. The number of anilines is 1. The third-order valence-corrected chi connectivity index (χ3v) is 4.80. The second kappa shape index (κ2) is 7.03.